The Kier molecular flexibility index (Phi) is 4.90. The van der Waals surface area contributed by atoms with Gasteiger partial charge in [-0.1, -0.05) is 48.5 Å². The van der Waals surface area contributed by atoms with E-state index in [-0.39, 0.29) is 5.91 Å². The third-order valence-electron chi connectivity index (χ3n) is 5.31. The van der Waals surface area contributed by atoms with Crippen molar-refractivity contribution in [1.82, 2.24) is 15.2 Å². The van der Waals surface area contributed by atoms with Crippen molar-refractivity contribution < 1.29 is 4.79 Å². The SMILES string of the molecule is Cc1nc2ccccc2c(-c2ccccc2)c1CC(=O)N1CCN[C@H](C)C1. The molecule has 1 aliphatic rings. The Morgan fingerprint density at radius 1 is 1.15 bits per heavy atom. The van der Waals surface area contributed by atoms with Crippen molar-refractivity contribution in [3.63, 3.8) is 0 Å². The Morgan fingerprint density at radius 3 is 2.67 bits per heavy atom. The molecule has 0 bridgehead atoms. The van der Waals surface area contributed by atoms with Crippen LogP contribution in [0.2, 0.25) is 0 Å². The molecule has 1 fully saturated rings. The maximum absolute atomic E-state index is 13.1. The molecular weight excluding hydrogens is 334 g/mol. The van der Waals surface area contributed by atoms with Crippen LogP contribution in [0.1, 0.15) is 18.2 Å². The van der Waals surface area contributed by atoms with Gasteiger partial charge < -0.3 is 10.2 Å². The number of benzene rings is 2. The molecule has 1 aliphatic heterocycles. The van der Waals surface area contributed by atoms with Crippen LogP contribution >= 0.6 is 0 Å². The van der Waals surface area contributed by atoms with E-state index in [1.54, 1.807) is 0 Å². The van der Waals surface area contributed by atoms with Crippen molar-refractivity contribution in [2.75, 3.05) is 19.6 Å². The molecule has 0 unspecified atom stereocenters. The van der Waals surface area contributed by atoms with Gasteiger partial charge in [-0.15, -0.1) is 0 Å². The van der Waals surface area contributed by atoms with Gasteiger partial charge in [-0.3, -0.25) is 9.78 Å². The van der Waals surface area contributed by atoms with Gasteiger partial charge in [-0.05, 0) is 36.6 Å². The molecule has 138 valence electrons. The van der Waals surface area contributed by atoms with Gasteiger partial charge in [0.25, 0.3) is 0 Å². The first-order valence-electron chi connectivity index (χ1n) is 9.58. The minimum atomic E-state index is 0.181. The molecule has 0 spiro atoms. The number of piperazine rings is 1. The van der Waals surface area contributed by atoms with Crippen LogP contribution in [0.4, 0.5) is 0 Å². The summed E-state index contributed by atoms with van der Waals surface area (Å²) >= 11 is 0. The maximum atomic E-state index is 13.1. The van der Waals surface area contributed by atoms with Crippen LogP contribution in [-0.2, 0) is 11.2 Å². The number of hydrogen-bond donors (Lipinski definition) is 1. The van der Waals surface area contributed by atoms with E-state index in [0.29, 0.717) is 12.5 Å². The van der Waals surface area contributed by atoms with Crippen molar-refractivity contribution >= 4 is 16.8 Å². The number of aromatic nitrogens is 1. The lowest BCUT2D eigenvalue weighted by Gasteiger charge is -2.32. The first kappa shape index (κ1) is 17.7. The molecule has 1 atom stereocenters. The van der Waals surface area contributed by atoms with Crippen molar-refractivity contribution in [2.45, 2.75) is 26.3 Å². The molecule has 1 aromatic heterocycles. The zero-order chi connectivity index (χ0) is 18.8. The summed E-state index contributed by atoms with van der Waals surface area (Å²) in [4.78, 5) is 19.8. The van der Waals surface area contributed by atoms with Crippen molar-refractivity contribution in [1.29, 1.82) is 0 Å². The summed E-state index contributed by atoms with van der Waals surface area (Å²) in [5, 5.41) is 4.50. The number of fused-ring (bicyclic) bond motifs is 1. The molecule has 0 aliphatic carbocycles. The van der Waals surface area contributed by atoms with Crippen LogP contribution in [0.5, 0.6) is 0 Å². The molecule has 0 saturated carbocycles. The highest BCUT2D eigenvalue weighted by Gasteiger charge is 2.23. The van der Waals surface area contributed by atoms with Crippen molar-refractivity contribution in [3.8, 4) is 11.1 Å². The summed E-state index contributed by atoms with van der Waals surface area (Å²) in [5.74, 6) is 0.181. The molecule has 1 saturated heterocycles. The highest BCUT2D eigenvalue weighted by molar-refractivity contribution is 5.98. The molecule has 4 rings (SSSR count). The van der Waals surface area contributed by atoms with Gasteiger partial charge in [0.2, 0.25) is 5.91 Å². The standard InChI is InChI=1S/C23H25N3O/c1-16-15-26(13-12-24-16)22(27)14-20-17(2)25-21-11-7-6-10-19(21)23(20)18-8-4-3-5-9-18/h3-11,16,24H,12-15H2,1-2H3/t16-/m1/s1. The fourth-order valence-corrected chi connectivity index (χ4v) is 3.95. The Balaban J connectivity index is 1.80. The van der Waals surface area contributed by atoms with Gasteiger partial charge in [0, 0.05) is 36.8 Å². The monoisotopic (exact) mass is 359 g/mol. The molecule has 3 aromatic rings. The van der Waals surface area contributed by atoms with E-state index in [1.165, 1.54) is 0 Å². The number of aryl methyl sites for hydroxylation is 1. The number of carbonyl (C=O) groups is 1. The molecule has 1 N–H and O–H groups in total. The molecule has 4 heteroatoms. The van der Waals surface area contributed by atoms with Gasteiger partial charge >= 0.3 is 0 Å². The van der Waals surface area contributed by atoms with Gasteiger partial charge in [-0.25, -0.2) is 0 Å². The van der Waals surface area contributed by atoms with Gasteiger partial charge in [0.05, 0.1) is 11.9 Å². The van der Waals surface area contributed by atoms with Gasteiger partial charge in [-0.2, -0.15) is 0 Å². The third-order valence-corrected chi connectivity index (χ3v) is 5.31. The Labute approximate surface area is 160 Å². The number of carbonyl (C=O) groups excluding carboxylic acids is 1. The minimum absolute atomic E-state index is 0.181. The second kappa shape index (κ2) is 7.49. The average Bonchev–Trinajstić information content (AvgIpc) is 2.69. The smallest absolute Gasteiger partial charge is 0.227 e. The van der Waals surface area contributed by atoms with E-state index in [1.807, 2.05) is 48.2 Å². The predicted molar refractivity (Wildman–Crippen MR) is 110 cm³/mol. The lowest BCUT2D eigenvalue weighted by Crippen LogP contribution is -2.51. The minimum Gasteiger partial charge on any atom is -0.340 e. The number of nitrogens with one attached hydrogen (secondary N) is 1. The Bertz CT molecular complexity index is 968. The van der Waals surface area contributed by atoms with E-state index in [2.05, 4.69) is 30.4 Å². The molecule has 27 heavy (non-hydrogen) atoms. The summed E-state index contributed by atoms with van der Waals surface area (Å²) in [6.07, 6.45) is 0.389. The van der Waals surface area contributed by atoms with Gasteiger partial charge in [0.1, 0.15) is 0 Å². The predicted octanol–water partition coefficient (Wildman–Crippen LogP) is 3.57. The van der Waals surface area contributed by atoms with E-state index >= 15 is 0 Å². The van der Waals surface area contributed by atoms with Crippen LogP contribution < -0.4 is 5.32 Å². The fourth-order valence-electron chi connectivity index (χ4n) is 3.95. The average molecular weight is 359 g/mol. The number of amides is 1. The second-order valence-corrected chi connectivity index (χ2v) is 7.31. The van der Waals surface area contributed by atoms with Gasteiger partial charge in [0.15, 0.2) is 0 Å². The molecule has 0 radical (unpaired) electrons. The molecule has 4 nitrogen and oxygen atoms in total. The van der Waals surface area contributed by atoms with Crippen LogP contribution in [0.15, 0.2) is 54.6 Å². The lowest BCUT2D eigenvalue weighted by molar-refractivity contribution is -0.131. The normalized spacial score (nSPS) is 17.3. The van der Waals surface area contributed by atoms with E-state index in [9.17, 15) is 4.79 Å². The highest BCUT2D eigenvalue weighted by Crippen LogP contribution is 2.33. The van der Waals surface area contributed by atoms with Crippen LogP contribution in [0.25, 0.3) is 22.0 Å². The van der Waals surface area contributed by atoms with E-state index in [4.69, 9.17) is 4.98 Å². The molecular formula is C23H25N3O. The second-order valence-electron chi connectivity index (χ2n) is 7.31. The van der Waals surface area contributed by atoms with Crippen LogP contribution in [0, 0.1) is 6.92 Å². The summed E-state index contributed by atoms with van der Waals surface area (Å²) < 4.78 is 0. The highest BCUT2D eigenvalue weighted by atomic mass is 16.2. The number of nitrogens with zero attached hydrogens (tertiary/aromatic N) is 2. The maximum Gasteiger partial charge on any atom is 0.227 e. The fraction of sp³-hybridized carbons (Fsp3) is 0.304. The number of para-hydroxylation sites is 1. The third kappa shape index (κ3) is 3.58. The van der Waals surface area contributed by atoms with Crippen LogP contribution in [-0.4, -0.2) is 41.5 Å². The first-order valence-corrected chi connectivity index (χ1v) is 9.58. The lowest BCUT2D eigenvalue weighted by atomic mass is 9.92. The summed E-state index contributed by atoms with van der Waals surface area (Å²) in [7, 11) is 0. The number of rotatable bonds is 3. The molecule has 1 amide bonds. The summed E-state index contributed by atoms with van der Waals surface area (Å²) in [6, 6.07) is 18.9. The first-order chi connectivity index (χ1) is 13.1. The number of hydrogen-bond acceptors (Lipinski definition) is 3. The Hall–Kier alpha value is -2.72. The zero-order valence-electron chi connectivity index (χ0n) is 15.9. The molecule has 2 heterocycles. The quantitative estimate of drug-likeness (QED) is 0.777. The Morgan fingerprint density at radius 2 is 1.89 bits per heavy atom. The molecule has 2 aromatic carbocycles. The van der Waals surface area contributed by atoms with E-state index in [0.717, 1.165) is 52.9 Å². The zero-order valence-corrected chi connectivity index (χ0v) is 15.9. The summed E-state index contributed by atoms with van der Waals surface area (Å²) in [5.41, 5.74) is 5.21. The van der Waals surface area contributed by atoms with Crippen molar-refractivity contribution in [2.24, 2.45) is 0 Å². The van der Waals surface area contributed by atoms with E-state index < -0.39 is 0 Å². The number of pyridine rings is 1. The largest absolute Gasteiger partial charge is 0.340 e. The van der Waals surface area contributed by atoms with Crippen LogP contribution in [0.3, 0.4) is 0 Å². The summed E-state index contributed by atoms with van der Waals surface area (Å²) in [6.45, 7) is 6.52. The van der Waals surface area contributed by atoms with Crippen molar-refractivity contribution in [3.05, 3.63) is 65.9 Å². The topological polar surface area (TPSA) is 45.2 Å².